The number of hydrogen-bond acceptors (Lipinski definition) is 6. The van der Waals surface area contributed by atoms with Crippen LogP contribution in [0.15, 0.2) is 23.3 Å². The van der Waals surface area contributed by atoms with Gasteiger partial charge >= 0.3 is 0 Å². The molecule has 3 heterocycles. The number of fused-ring (bicyclic) bond motifs is 4. The molecule has 0 aromatic carbocycles. The van der Waals surface area contributed by atoms with Crippen LogP contribution in [-0.4, -0.2) is 32.2 Å². The van der Waals surface area contributed by atoms with Gasteiger partial charge in [0.05, 0.1) is 22.0 Å². The molecule has 0 N–H and O–H groups in total. The van der Waals surface area contributed by atoms with Crippen molar-refractivity contribution in [3.05, 3.63) is 23.3 Å². The smallest absolute Gasteiger partial charge is 0.268 e. The van der Waals surface area contributed by atoms with Gasteiger partial charge in [-0.05, 0) is 6.42 Å². The van der Waals surface area contributed by atoms with Crippen LogP contribution in [0.25, 0.3) is 0 Å². The molecule has 6 nitrogen and oxygen atoms in total. The molecule has 31 heavy (non-hydrogen) atoms. The molecule has 0 radical (unpaired) electrons. The van der Waals surface area contributed by atoms with Crippen molar-refractivity contribution >= 4 is 45.6 Å². The van der Waals surface area contributed by atoms with Crippen molar-refractivity contribution in [1.82, 2.24) is 8.61 Å². The van der Waals surface area contributed by atoms with E-state index in [1.165, 1.54) is 69.9 Å². The quantitative estimate of drug-likeness (QED) is 0.155. The Morgan fingerprint density at radius 3 is 1.45 bits per heavy atom. The number of carbonyl (C=O) groups excluding carboxylic acids is 4. The van der Waals surface area contributed by atoms with E-state index in [-0.39, 0.29) is 23.6 Å². The first-order valence-corrected chi connectivity index (χ1v) is 13.7. The third-order valence-corrected chi connectivity index (χ3v) is 8.25. The van der Waals surface area contributed by atoms with Crippen LogP contribution in [0, 0.1) is 5.92 Å². The molecular formula is C23H32N2O4S2. The predicted octanol–water partition coefficient (Wildman–Crippen LogP) is 5.51. The van der Waals surface area contributed by atoms with Gasteiger partial charge < -0.3 is 0 Å². The standard InChI is InChI=1S/C23H32N2O4S2/c1-2-3-4-5-6-7-8-9-10-11-12-13-14-17-18-15-20(26)24(22(18)28)30-31-25-21(27)16-19(17)23(25)29/h15-17H,2-14H2,1H3. The van der Waals surface area contributed by atoms with E-state index in [2.05, 4.69) is 6.92 Å². The van der Waals surface area contributed by atoms with Crippen LogP contribution in [0.2, 0.25) is 0 Å². The summed E-state index contributed by atoms with van der Waals surface area (Å²) in [6, 6.07) is 0. The first kappa shape index (κ1) is 24.1. The first-order chi connectivity index (χ1) is 15.0. The summed E-state index contributed by atoms with van der Waals surface area (Å²) in [5.74, 6) is -1.98. The summed E-state index contributed by atoms with van der Waals surface area (Å²) in [5, 5.41) is 0. The Bertz CT molecular complexity index is 728. The topological polar surface area (TPSA) is 74.8 Å². The molecule has 4 amide bonds. The summed E-state index contributed by atoms with van der Waals surface area (Å²) in [6.07, 6.45) is 18.1. The van der Waals surface area contributed by atoms with Gasteiger partial charge in [0.25, 0.3) is 23.6 Å². The lowest BCUT2D eigenvalue weighted by Crippen LogP contribution is -2.25. The largest absolute Gasteiger partial charge is 0.268 e. The predicted molar refractivity (Wildman–Crippen MR) is 124 cm³/mol. The second kappa shape index (κ2) is 11.9. The van der Waals surface area contributed by atoms with E-state index in [1.54, 1.807) is 0 Å². The third kappa shape index (κ3) is 6.04. The van der Waals surface area contributed by atoms with Crippen LogP contribution < -0.4 is 0 Å². The fourth-order valence-electron chi connectivity index (χ4n) is 4.32. The minimum absolute atomic E-state index is 0.345. The molecule has 8 heteroatoms. The Morgan fingerprint density at radius 2 is 1.03 bits per heavy atom. The van der Waals surface area contributed by atoms with Crippen LogP contribution in [0.1, 0.15) is 90.4 Å². The van der Waals surface area contributed by atoms with Gasteiger partial charge in [-0.2, -0.15) is 0 Å². The molecule has 0 atom stereocenters. The van der Waals surface area contributed by atoms with Gasteiger partial charge in [0.15, 0.2) is 0 Å². The summed E-state index contributed by atoms with van der Waals surface area (Å²) < 4.78 is 2.08. The highest BCUT2D eigenvalue weighted by Gasteiger charge is 2.45. The van der Waals surface area contributed by atoms with E-state index in [4.69, 9.17) is 0 Å². The maximum atomic E-state index is 12.7. The van der Waals surface area contributed by atoms with E-state index >= 15 is 0 Å². The molecule has 170 valence electrons. The summed E-state index contributed by atoms with van der Waals surface area (Å²) in [5.41, 5.74) is 0.689. The normalized spacial score (nSPS) is 19.0. The van der Waals surface area contributed by atoms with Crippen molar-refractivity contribution < 1.29 is 19.2 Å². The van der Waals surface area contributed by atoms with E-state index in [9.17, 15) is 19.2 Å². The maximum absolute atomic E-state index is 12.7. The lowest BCUT2D eigenvalue weighted by atomic mass is 9.86. The molecule has 3 aliphatic heterocycles. The molecule has 0 aromatic rings. The Hall–Kier alpha value is -1.54. The second-order valence-electron chi connectivity index (χ2n) is 8.45. The average molecular weight is 465 g/mol. The van der Waals surface area contributed by atoms with Crippen LogP contribution in [0.5, 0.6) is 0 Å². The number of rotatable bonds is 13. The summed E-state index contributed by atoms with van der Waals surface area (Å²) in [7, 11) is 1.67. The van der Waals surface area contributed by atoms with Crippen molar-refractivity contribution in [2.75, 3.05) is 0 Å². The van der Waals surface area contributed by atoms with Gasteiger partial charge in [-0.15, -0.1) is 0 Å². The highest BCUT2D eigenvalue weighted by molar-refractivity contribution is 8.75. The van der Waals surface area contributed by atoms with Gasteiger partial charge in [-0.25, -0.2) is 8.61 Å². The molecule has 1 fully saturated rings. The van der Waals surface area contributed by atoms with Gasteiger partial charge in [-0.1, -0.05) is 84.0 Å². The molecular weight excluding hydrogens is 432 g/mol. The Morgan fingerprint density at radius 1 is 0.645 bits per heavy atom. The zero-order valence-corrected chi connectivity index (χ0v) is 19.9. The Balaban J connectivity index is 1.44. The lowest BCUT2D eigenvalue weighted by Gasteiger charge is -2.17. The number of imide groups is 2. The molecule has 0 aromatic heterocycles. The third-order valence-electron chi connectivity index (χ3n) is 6.10. The molecule has 0 saturated carbocycles. The van der Waals surface area contributed by atoms with Crippen molar-refractivity contribution in [3.8, 4) is 0 Å². The molecule has 0 unspecified atom stereocenters. The van der Waals surface area contributed by atoms with Gasteiger partial charge in [0, 0.05) is 29.2 Å². The lowest BCUT2D eigenvalue weighted by molar-refractivity contribution is -0.132. The molecule has 3 rings (SSSR count). The second-order valence-corrected chi connectivity index (χ2v) is 10.4. The molecule has 3 aliphatic rings. The highest BCUT2D eigenvalue weighted by atomic mass is 33.1. The molecule has 4 bridgehead atoms. The van der Waals surface area contributed by atoms with E-state index in [0.29, 0.717) is 17.6 Å². The molecule has 0 aliphatic carbocycles. The van der Waals surface area contributed by atoms with Gasteiger partial charge in [0.2, 0.25) is 0 Å². The number of carbonyl (C=O) groups is 4. The zero-order valence-electron chi connectivity index (χ0n) is 18.3. The van der Waals surface area contributed by atoms with Crippen LogP contribution in [0.4, 0.5) is 0 Å². The summed E-state index contributed by atoms with van der Waals surface area (Å²) >= 11 is 0. The number of amides is 4. The first-order valence-electron chi connectivity index (χ1n) is 11.6. The monoisotopic (exact) mass is 464 g/mol. The van der Waals surface area contributed by atoms with Gasteiger partial charge in [0.1, 0.15) is 0 Å². The number of nitrogens with zero attached hydrogens (tertiary/aromatic N) is 2. The SMILES string of the molecule is CCCCCCCCCCCCCCC1C2=CC(=O)N(SSN3C(=O)C=C1C3=O)C2=O. The van der Waals surface area contributed by atoms with Crippen molar-refractivity contribution in [1.29, 1.82) is 0 Å². The zero-order chi connectivity index (χ0) is 22.2. The maximum Gasteiger partial charge on any atom is 0.268 e. The fourth-order valence-corrected chi connectivity index (χ4v) is 6.30. The molecule has 0 spiro atoms. The van der Waals surface area contributed by atoms with Crippen molar-refractivity contribution in [3.63, 3.8) is 0 Å². The number of hydrogen-bond donors (Lipinski definition) is 0. The van der Waals surface area contributed by atoms with Crippen molar-refractivity contribution in [2.24, 2.45) is 5.92 Å². The minimum atomic E-state index is -0.481. The van der Waals surface area contributed by atoms with Crippen LogP contribution in [-0.2, 0) is 19.2 Å². The van der Waals surface area contributed by atoms with Gasteiger partial charge in [-0.3, -0.25) is 19.2 Å². The van der Waals surface area contributed by atoms with Crippen molar-refractivity contribution in [2.45, 2.75) is 90.4 Å². The summed E-state index contributed by atoms with van der Waals surface area (Å²) in [4.78, 5) is 49.7. The van der Waals surface area contributed by atoms with E-state index < -0.39 is 5.92 Å². The summed E-state index contributed by atoms with van der Waals surface area (Å²) in [6.45, 7) is 2.24. The minimum Gasteiger partial charge on any atom is -0.268 e. The molecule has 1 saturated heterocycles. The van der Waals surface area contributed by atoms with Crippen LogP contribution >= 0.6 is 22.0 Å². The highest BCUT2D eigenvalue weighted by Crippen LogP contribution is 2.44. The Labute approximate surface area is 192 Å². The Kier molecular flexibility index (Phi) is 9.26. The van der Waals surface area contributed by atoms with E-state index in [0.717, 1.165) is 49.8 Å². The average Bonchev–Trinajstić information content (AvgIpc) is 3.19. The fraction of sp³-hybridized carbons (Fsp3) is 0.652. The van der Waals surface area contributed by atoms with E-state index in [1.807, 2.05) is 0 Å². The van der Waals surface area contributed by atoms with Crippen LogP contribution in [0.3, 0.4) is 0 Å². The number of unbranched alkanes of at least 4 members (excludes halogenated alkanes) is 11.